The highest BCUT2D eigenvalue weighted by molar-refractivity contribution is 6.03. The number of hydrogen-bond donors (Lipinski definition) is 1. The number of aromatic nitrogens is 3. The van der Waals surface area contributed by atoms with Gasteiger partial charge in [-0.1, -0.05) is 18.2 Å². The highest BCUT2D eigenvalue weighted by Gasteiger charge is 2.31. The zero-order valence-electron chi connectivity index (χ0n) is 17.5. The minimum atomic E-state index is -4.50. The fourth-order valence-electron chi connectivity index (χ4n) is 4.28. The summed E-state index contributed by atoms with van der Waals surface area (Å²) in [4.78, 5) is 18.9. The highest BCUT2D eigenvalue weighted by Crippen LogP contribution is 2.35. The standard InChI is InChI=1S/C23H21F3N4O3/c24-23(25,26)13-30-19-10-18(22(32)29-8-3-4-14(31)7-9-29)27-11-16(19)21(28-30)17-12-33-20-6-2-1-5-15(17)20/h1-2,5-6,10-12,14,31H,3-4,7-9,13H2. The molecule has 7 nitrogen and oxygen atoms in total. The average Bonchev–Trinajstić information content (AvgIpc) is 3.27. The third kappa shape index (κ3) is 4.18. The molecule has 1 amide bonds. The fraction of sp³-hybridized carbons (Fsp3) is 0.348. The quantitative estimate of drug-likeness (QED) is 0.492. The molecule has 172 valence electrons. The summed E-state index contributed by atoms with van der Waals surface area (Å²) in [5.41, 5.74) is 1.67. The summed E-state index contributed by atoms with van der Waals surface area (Å²) < 4.78 is 46.3. The van der Waals surface area contributed by atoms with Crippen molar-refractivity contribution < 1.29 is 27.5 Å². The van der Waals surface area contributed by atoms with Crippen LogP contribution in [-0.4, -0.2) is 56.0 Å². The van der Waals surface area contributed by atoms with Crippen molar-refractivity contribution >= 4 is 27.8 Å². The van der Waals surface area contributed by atoms with Gasteiger partial charge in [0.25, 0.3) is 5.91 Å². The summed E-state index contributed by atoms with van der Waals surface area (Å²) in [5.74, 6) is -0.374. The Labute approximate surface area is 186 Å². The third-order valence-electron chi connectivity index (χ3n) is 5.91. The van der Waals surface area contributed by atoms with E-state index in [-0.39, 0.29) is 17.1 Å². The number of hydrogen-bond acceptors (Lipinski definition) is 5. The van der Waals surface area contributed by atoms with E-state index in [1.807, 2.05) is 12.1 Å². The van der Waals surface area contributed by atoms with E-state index in [0.29, 0.717) is 54.6 Å². The van der Waals surface area contributed by atoms with Gasteiger partial charge in [0.15, 0.2) is 0 Å². The van der Waals surface area contributed by atoms with E-state index >= 15 is 0 Å². The van der Waals surface area contributed by atoms with Gasteiger partial charge in [0.05, 0.1) is 11.6 Å². The van der Waals surface area contributed by atoms with Crippen LogP contribution >= 0.6 is 0 Å². The maximum atomic E-state index is 13.3. The van der Waals surface area contributed by atoms with Crippen LogP contribution in [0.2, 0.25) is 0 Å². The highest BCUT2D eigenvalue weighted by atomic mass is 19.4. The molecule has 0 saturated carbocycles. The third-order valence-corrected chi connectivity index (χ3v) is 5.91. The molecule has 3 aromatic heterocycles. The van der Waals surface area contributed by atoms with Gasteiger partial charge in [0.2, 0.25) is 0 Å². The van der Waals surface area contributed by atoms with Gasteiger partial charge in [0, 0.05) is 35.6 Å². The van der Waals surface area contributed by atoms with Crippen LogP contribution in [0.25, 0.3) is 33.1 Å². The SMILES string of the molecule is O=C(c1cc2c(cn1)c(-c1coc3ccccc13)nn2CC(F)(F)F)N1CCCC(O)CC1. The number of benzene rings is 1. The number of amides is 1. The molecule has 0 radical (unpaired) electrons. The van der Waals surface area contributed by atoms with Crippen LogP contribution in [0.5, 0.6) is 0 Å². The molecule has 1 aromatic carbocycles. The Morgan fingerprint density at radius 1 is 1.18 bits per heavy atom. The van der Waals surface area contributed by atoms with Crippen molar-refractivity contribution in [2.75, 3.05) is 13.1 Å². The van der Waals surface area contributed by atoms with E-state index in [1.165, 1.54) is 18.5 Å². The lowest BCUT2D eigenvalue weighted by Gasteiger charge is -2.19. The average molecular weight is 458 g/mol. The second kappa shape index (κ2) is 8.18. The Morgan fingerprint density at radius 3 is 2.82 bits per heavy atom. The predicted molar refractivity (Wildman–Crippen MR) is 115 cm³/mol. The smallest absolute Gasteiger partial charge is 0.408 e. The summed E-state index contributed by atoms with van der Waals surface area (Å²) in [6.07, 6.45) is -0.382. The number of para-hydroxylation sites is 1. The molecule has 1 unspecified atom stereocenters. The maximum Gasteiger partial charge on any atom is 0.408 e. The Kier molecular flexibility index (Phi) is 5.32. The van der Waals surface area contributed by atoms with Gasteiger partial charge in [-0.2, -0.15) is 18.3 Å². The number of likely N-dealkylation sites (tertiary alicyclic amines) is 1. The molecule has 10 heteroatoms. The zero-order chi connectivity index (χ0) is 23.2. The van der Waals surface area contributed by atoms with Gasteiger partial charge in [-0.15, -0.1) is 0 Å². The number of furan rings is 1. The number of aliphatic hydroxyl groups is 1. The summed E-state index contributed by atoms with van der Waals surface area (Å²) >= 11 is 0. The molecule has 0 spiro atoms. The number of aliphatic hydroxyl groups excluding tert-OH is 1. The van der Waals surface area contributed by atoms with E-state index in [9.17, 15) is 23.1 Å². The minimum absolute atomic E-state index is 0.0471. The summed E-state index contributed by atoms with van der Waals surface area (Å²) in [6.45, 7) is -0.468. The molecule has 1 N–H and O–H groups in total. The molecular formula is C23H21F3N4O3. The Hall–Kier alpha value is -3.40. The number of carbonyl (C=O) groups excluding carboxylic acids is 1. The van der Waals surface area contributed by atoms with Gasteiger partial charge < -0.3 is 14.4 Å². The van der Waals surface area contributed by atoms with Crippen molar-refractivity contribution in [1.29, 1.82) is 0 Å². The first-order valence-electron chi connectivity index (χ1n) is 10.7. The molecule has 1 fully saturated rings. The van der Waals surface area contributed by atoms with Crippen molar-refractivity contribution in [3.63, 3.8) is 0 Å². The minimum Gasteiger partial charge on any atom is -0.464 e. The molecule has 4 heterocycles. The second-order valence-corrected chi connectivity index (χ2v) is 8.23. The number of alkyl halides is 3. The monoisotopic (exact) mass is 458 g/mol. The normalized spacial score (nSPS) is 17.6. The summed E-state index contributed by atoms with van der Waals surface area (Å²) in [6, 6.07) is 8.55. The Balaban J connectivity index is 1.60. The molecule has 1 aliphatic rings. The summed E-state index contributed by atoms with van der Waals surface area (Å²) in [7, 11) is 0. The summed E-state index contributed by atoms with van der Waals surface area (Å²) in [5, 5.41) is 15.2. The molecule has 0 bridgehead atoms. The number of nitrogens with zero attached hydrogens (tertiary/aromatic N) is 4. The Bertz CT molecular complexity index is 1330. The zero-order valence-corrected chi connectivity index (χ0v) is 17.5. The van der Waals surface area contributed by atoms with E-state index in [4.69, 9.17) is 4.42 Å². The van der Waals surface area contributed by atoms with E-state index in [2.05, 4.69) is 10.1 Å². The van der Waals surface area contributed by atoms with Gasteiger partial charge in [-0.25, -0.2) is 0 Å². The van der Waals surface area contributed by atoms with Gasteiger partial charge in [-0.05, 0) is 31.4 Å². The molecule has 4 aromatic rings. The van der Waals surface area contributed by atoms with Gasteiger partial charge in [-0.3, -0.25) is 14.5 Å². The maximum absolute atomic E-state index is 13.3. The topological polar surface area (TPSA) is 84.4 Å². The lowest BCUT2D eigenvalue weighted by atomic mass is 10.1. The van der Waals surface area contributed by atoms with Crippen molar-refractivity contribution in [1.82, 2.24) is 19.7 Å². The number of rotatable bonds is 3. The van der Waals surface area contributed by atoms with Crippen LogP contribution in [0.3, 0.4) is 0 Å². The molecule has 33 heavy (non-hydrogen) atoms. The Morgan fingerprint density at radius 2 is 2.00 bits per heavy atom. The number of fused-ring (bicyclic) bond motifs is 2. The van der Waals surface area contributed by atoms with Crippen LogP contribution in [0.15, 0.2) is 47.2 Å². The second-order valence-electron chi connectivity index (χ2n) is 8.23. The van der Waals surface area contributed by atoms with Crippen LogP contribution in [-0.2, 0) is 6.54 Å². The van der Waals surface area contributed by atoms with Gasteiger partial charge in [0.1, 0.15) is 29.8 Å². The number of pyridine rings is 1. The number of carbonyl (C=O) groups is 1. The van der Waals surface area contributed by atoms with Crippen molar-refractivity contribution in [3.8, 4) is 11.3 Å². The van der Waals surface area contributed by atoms with E-state index < -0.39 is 18.8 Å². The first-order chi connectivity index (χ1) is 15.8. The fourth-order valence-corrected chi connectivity index (χ4v) is 4.28. The number of halogens is 3. The first kappa shape index (κ1) is 21.4. The lowest BCUT2D eigenvalue weighted by Crippen LogP contribution is -2.32. The van der Waals surface area contributed by atoms with Crippen molar-refractivity contribution in [2.24, 2.45) is 0 Å². The van der Waals surface area contributed by atoms with Crippen LogP contribution in [0, 0.1) is 0 Å². The molecular weight excluding hydrogens is 437 g/mol. The predicted octanol–water partition coefficient (Wildman–Crippen LogP) is 4.39. The van der Waals surface area contributed by atoms with E-state index in [0.717, 1.165) is 10.1 Å². The van der Waals surface area contributed by atoms with Crippen molar-refractivity contribution in [2.45, 2.75) is 38.1 Å². The van der Waals surface area contributed by atoms with E-state index in [1.54, 1.807) is 17.0 Å². The first-order valence-corrected chi connectivity index (χ1v) is 10.7. The lowest BCUT2D eigenvalue weighted by molar-refractivity contribution is -0.141. The van der Waals surface area contributed by atoms with Crippen LogP contribution in [0.4, 0.5) is 13.2 Å². The van der Waals surface area contributed by atoms with Crippen LogP contribution in [0.1, 0.15) is 29.8 Å². The largest absolute Gasteiger partial charge is 0.464 e. The molecule has 1 aliphatic heterocycles. The molecule has 5 rings (SSSR count). The van der Waals surface area contributed by atoms with Gasteiger partial charge >= 0.3 is 6.18 Å². The molecule has 1 saturated heterocycles. The molecule has 0 aliphatic carbocycles. The van der Waals surface area contributed by atoms with Crippen LogP contribution < -0.4 is 0 Å². The van der Waals surface area contributed by atoms with Crippen molar-refractivity contribution in [3.05, 3.63) is 48.5 Å². The molecule has 1 atom stereocenters.